The number of aromatic amines is 1. The van der Waals surface area contributed by atoms with Crippen molar-refractivity contribution in [2.24, 2.45) is 0 Å². The number of rotatable bonds is 14. The van der Waals surface area contributed by atoms with E-state index in [0.29, 0.717) is 0 Å². The molecule has 4 aliphatic carbocycles. The van der Waals surface area contributed by atoms with Crippen LogP contribution in [-0.4, -0.2) is 101 Å². The van der Waals surface area contributed by atoms with Crippen LogP contribution in [0.1, 0.15) is 80.4 Å². The van der Waals surface area contributed by atoms with Gasteiger partial charge in [-0.25, -0.2) is 29.5 Å². The Kier molecular flexibility index (Phi) is 44.9. The molecule has 7 N–H and O–H groups in total. The van der Waals surface area contributed by atoms with Crippen molar-refractivity contribution >= 4 is 184 Å². The van der Waals surface area contributed by atoms with Crippen LogP contribution in [0, 0.1) is 10.1 Å². The topological polar surface area (TPSA) is 263 Å². The standard InChI is InChI=1S/C20H26N3S.3C16H16N2OS.C13H10S.C12H6Br2NS.Ag.4BrH.HNO3.H3N.H2O/c1-5-22(6-2)15-9-11-17-19(13-15)24-20-14-16(23(7-3)8-4)10-12-18(20)21-17;3*1-3-18(4-2)11-5-7-13-15(9-11)20-16-10-12(19)6-8-14(16)17-13;1-3-7-12-10(5-1)9-11-6-2-4-8-13(11)14-12;13-7-1-3-9-11(5-7)16-12-6-8(14)2-4-10(12)15-9;;;;;;2-1(3)4;;/h9-14H,5-8H2,1-4H3;3*5-10H,3-4H2,1-2H3;1-8H,9H2;1-6H;;4*1H;(H,2,3,4);1H3;1H2/q+1;;;;;+1;;;;;;;;/p-3. The van der Waals surface area contributed by atoms with Gasteiger partial charge in [-0.2, -0.15) is 0 Å². The van der Waals surface area contributed by atoms with E-state index in [-0.39, 0.29) is 118 Å². The van der Waals surface area contributed by atoms with Gasteiger partial charge in [-0.15, -0.1) is 55.5 Å². The molecule has 0 bridgehead atoms. The van der Waals surface area contributed by atoms with Crippen LogP contribution in [0.2, 0.25) is 0 Å². The van der Waals surface area contributed by atoms with E-state index in [9.17, 15) is 14.4 Å². The van der Waals surface area contributed by atoms with Crippen LogP contribution < -0.4 is 125 Å². The van der Waals surface area contributed by atoms with E-state index in [4.69, 9.17) is 20.3 Å². The van der Waals surface area contributed by atoms with E-state index in [0.717, 1.165) is 161 Å². The number of fused-ring (bicyclic) bond motifs is 12. The monoisotopic (exact) mass is 2270 g/mol. The van der Waals surface area contributed by atoms with Crippen molar-refractivity contribution < 1.29 is 111 Å². The summed E-state index contributed by atoms with van der Waals surface area (Å²) in [4.78, 5) is 81.1. The number of nitrogens with one attached hydrogen (secondary N) is 1. The van der Waals surface area contributed by atoms with E-state index in [1.165, 1.54) is 72.7 Å². The van der Waals surface area contributed by atoms with Gasteiger partial charge in [-0.3, -0.25) is 14.4 Å². The normalized spacial score (nSPS) is 10.6. The average Bonchev–Trinajstić information content (AvgIpc) is 0.798. The van der Waals surface area contributed by atoms with Crippen molar-refractivity contribution in [2.45, 2.75) is 85.4 Å². The van der Waals surface area contributed by atoms with E-state index in [1.807, 2.05) is 53.4 Å². The maximum atomic E-state index is 11.5. The maximum Gasteiger partial charge on any atom is 0.291 e. The Labute approximate surface area is 826 Å². The summed E-state index contributed by atoms with van der Waals surface area (Å²) in [6, 6.07) is 77.2. The molecule has 0 saturated heterocycles. The molecule has 661 valence electrons. The average molecular weight is 2270 g/mol. The summed E-state index contributed by atoms with van der Waals surface area (Å²) in [6.45, 7) is 31.8. The third kappa shape index (κ3) is 28.1. The molecule has 1 radical (unpaired) electrons. The minimum atomic E-state index is -1.50. The number of benzene rings is 12. The van der Waals surface area contributed by atoms with Gasteiger partial charge in [0, 0.05) is 171 Å². The zero-order valence-corrected chi connectivity index (χ0v) is 86.3. The van der Waals surface area contributed by atoms with E-state index in [2.05, 4.69) is 297 Å². The summed E-state index contributed by atoms with van der Waals surface area (Å²) in [7, 11) is 0. The Bertz CT molecular complexity index is 6050. The summed E-state index contributed by atoms with van der Waals surface area (Å²) in [5, 5.41) is 14.9. The van der Waals surface area contributed by atoms with Gasteiger partial charge in [-0.05, 0) is 226 Å². The van der Waals surface area contributed by atoms with Crippen LogP contribution >= 0.6 is 100 Å². The number of halogens is 6. The molecule has 8 aromatic carbocycles. The van der Waals surface area contributed by atoms with Crippen molar-refractivity contribution in [3.8, 4) is 42.3 Å². The summed E-state index contributed by atoms with van der Waals surface area (Å²) in [5.74, 6) is 0. The molecule has 0 spiro atoms. The summed E-state index contributed by atoms with van der Waals surface area (Å²) < 4.78 is 11.6. The van der Waals surface area contributed by atoms with Gasteiger partial charge >= 0.3 is 0 Å². The largest absolute Gasteiger partial charge is 1.00 e. The first-order chi connectivity index (χ1) is 57.2. The van der Waals surface area contributed by atoms with Crippen molar-refractivity contribution in [2.75, 3.05) is 85.0 Å². The van der Waals surface area contributed by atoms with Crippen LogP contribution in [0.4, 0.5) is 22.7 Å². The minimum absolute atomic E-state index is 0. The number of anilines is 4. The molecule has 5 aliphatic heterocycles. The summed E-state index contributed by atoms with van der Waals surface area (Å²) in [5.41, 5.74) is 18.1. The third-order valence-electron chi connectivity index (χ3n) is 19.9. The van der Waals surface area contributed by atoms with Crippen molar-refractivity contribution in [1.29, 1.82) is 0 Å². The van der Waals surface area contributed by atoms with Crippen LogP contribution in [0.5, 0.6) is 0 Å². The minimum Gasteiger partial charge on any atom is -1.00 e. The Morgan fingerprint density at radius 1 is 0.416 bits per heavy atom. The molecule has 125 heavy (non-hydrogen) atoms. The second-order valence-electron chi connectivity index (χ2n) is 27.1. The van der Waals surface area contributed by atoms with E-state index >= 15 is 0 Å². The second-order valence-corrected chi connectivity index (χ2v) is 35.4. The van der Waals surface area contributed by atoms with Gasteiger partial charge in [0.2, 0.25) is 27.9 Å². The quantitative estimate of drug-likeness (QED) is 0.0256. The molecule has 18 rings (SSSR count). The molecule has 0 unspecified atom stereocenters. The SMILES string of the molecule is Brc1ccc2nc3ccc(Br)cc3[s+]c2c1.CCN(CC)c1ccc2[nH+]c3ccc(=O)cc-3sc2c1.CCN(CC)c1ccc2nc3ccc(=O)cc-3sc2c1.CCN(CC)c1ccc2nc3ccc(=O)cc-3sc2c1.CCN(CC)c1ccc2nc3ccc(=[N+](CC)CC)cc-3sc2c1.N.O.O=[N+]([O-])O.[Ag].[Br-].[Br-].[Br-].[Br-].c1ccc2c(c1)Cc1ccccc1S2. The predicted octanol–water partition coefficient (Wildman–Crippen LogP) is 10.3. The van der Waals surface area contributed by atoms with Gasteiger partial charge in [0.15, 0.2) is 16.3 Å². The van der Waals surface area contributed by atoms with Crippen LogP contribution in [0.3, 0.4) is 0 Å². The fourth-order valence-electron chi connectivity index (χ4n) is 13.8. The fraction of sp³-hybridized carbons (Fsp3) is 0.226. The Morgan fingerprint density at radius 3 is 1.14 bits per heavy atom. The first-order valence-corrected chi connectivity index (χ1v) is 45.9. The molecule has 0 amide bonds. The molecule has 19 nitrogen and oxygen atoms in total. The molecular formula is C93H97AgBr6N12O7S6-. The van der Waals surface area contributed by atoms with Crippen LogP contribution in [0.15, 0.2) is 264 Å². The fourth-order valence-corrected chi connectivity index (χ4v) is 21.0. The van der Waals surface area contributed by atoms with Gasteiger partial charge in [-0.1, -0.05) is 80.0 Å². The Balaban J connectivity index is 0.000000262. The van der Waals surface area contributed by atoms with E-state index < -0.39 is 5.09 Å². The molecule has 0 fully saturated rings. The molecule has 9 aromatic rings. The van der Waals surface area contributed by atoms with Gasteiger partial charge in [0.05, 0.1) is 62.4 Å². The van der Waals surface area contributed by atoms with Crippen LogP contribution in [-0.2, 0) is 28.8 Å². The number of hydrogen-bond acceptors (Lipinski definition) is 19. The number of H-pyrrole nitrogens is 1. The number of aromatic nitrogens is 5. The van der Waals surface area contributed by atoms with Gasteiger partial charge in [0.25, 0.3) is 14.5 Å². The molecule has 0 saturated carbocycles. The van der Waals surface area contributed by atoms with Gasteiger partial charge in [0.1, 0.15) is 33.7 Å². The first-order valence-electron chi connectivity index (χ1n) is 39.4. The molecule has 1 aromatic heterocycles. The van der Waals surface area contributed by atoms with Crippen molar-refractivity contribution in [3.63, 3.8) is 0 Å². The zero-order valence-electron chi connectivity index (χ0n) is 70.4. The first kappa shape index (κ1) is 108. The number of nitrogens with zero attached hydrogens (tertiary/aromatic N) is 10. The van der Waals surface area contributed by atoms with Gasteiger partial charge < -0.3 is 104 Å². The predicted molar refractivity (Wildman–Crippen MR) is 517 cm³/mol. The molecule has 0 atom stereocenters. The zero-order chi connectivity index (χ0) is 83.5. The second kappa shape index (κ2) is 52.0. The van der Waals surface area contributed by atoms with Crippen molar-refractivity contribution in [3.05, 3.63) is 297 Å². The molecule has 6 heterocycles. The van der Waals surface area contributed by atoms with Crippen molar-refractivity contribution in [1.82, 2.24) is 30.7 Å². The Morgan fingerprint density at radius 2 is 0.752 bits per heavy atom. The third-order valence-corrected chi connectivity index (χ3v) is 27.6. The molecule has 32 heteroatoms. The maximum absolute atomic E-state index is 11.5. The molecule has 9 aliphatic rings. The Hall–Kier alpha value is -7.77. The van der Waals surface area contributed by atoms with Crippen LogP contribution in [0.25, 0.3) is 104 Å². The van der Waals surface area contributed by atoms with E-state index in [1.54, 1.807) is 93.9 Å². The summed E-state index contributed by atoms with van der Waals surface area (Å²) in [6.07, 6.45) is 1.08. The summed E-state index contributed by atoms with van der Waals surface area (Å²) >= 11 is 17.4. The molecular weight excluding hydrogens is 2180 g/mol. The number of hydrogen-bond donors (Lipinski definition) is 2. The smallest absolute Gasteiger partial charge is 0.291 e.